The summed E-state index contributed by atoms with van der Waals surface area (Å²) in [4.78, 5) is 4.02. The van der Waals surface area contributed by atoms with Crippen molar-refractivity contribution >= 4 is 28.5 Å². The molecule has 0 saturated heterocycles. The van der Waals surface area contributed by atoms with E-state index in [1.54, 1.807) is 0 Å². The number of hydrogen-bond donors (Lipinski definition) is 0. The first kappa shape index (κ1) is 12.9. The van der Waals surface area contributed by atoms with Crippen molar-refractivity contribution in [2.45, 2.75) is 37.2 Å². The topological polar surface area (TPSA) is 12.9 Å². The van der Waals surface area contributed by atoms with E-state index in [2.05, 4.69) is 4.98 Å². The molecule has 6 heteroatoms. The largest absolute Gasteiger partial charge is 0.443 e. The SMILES string of the molecule is FC(F)(F)c1ncc(C2=CC(Cl)CCCC2)s1. The second kappa shape index (κ2) is 4.98. The molecule has 0 spiro atoms. The van der Waals surface area contributed by atoms with Crippen LogP contribution in [0.25, 0.3) is 5.57 Å². The molecule has 0 bridgehead atoms. The van der Waals surface area contributed by atoms with Gasteiger partial charge in [-0.2, -0.15) is 13.2 Å². The molecule has 0 fully saturated rings. The highest BCUT2D eigenvalue weighted by atomic mass is 35.5. The molecule has 1 nitrogen and oxygen atoms in total. The number of halogens is 4. The van der Waals surface area contributed by atoms with Gasteiger partial charge in [0.1, 0.15) is 0 Å². The van der Waals surface area contributed by atoms with E-state index in [0.717, 1.165) is 31.3 Å². The minimum atomic E-state index is -4.35. The first-order valence-electron chi connectivity index (χ1n) is 5.35. The zero-order valence-corrected chi connectivity index (χ0v) is 10.5. The third-order valence-corrected chi connectivity index (χ3v) is 4.08. The molecule has 1 heterocycles. The predicted molar refractivity (Wildman–Crippen MR) is 63.2 cm³/mol. The summed E-state index contributed by atoms with van der Waals surface area (Å²) in [5.74, 6) is 0. The van der Waals surface area contributed by atoms with E-state index in [4.69, 9.17) is 11.6 Å². The molecular weight excluding hydrogens is 271 g/mol. The number of hydrogen-bond acceptors (Lipinski definition) is 2. The smallest absolute Gasteiger partial charge is 0.240 e. The Labute approximate surface area is 106 Å². The molecule has 0 saturated carbocycles. The highest BCUT2D eigenvalue weighted by Gasteiger charge is 2.34. The molecule has 1 atom stereocenters. The van der Waals surface area contributed by atoms with Crippen molar-refractivity contribution in [1.29, 1.82) is 0 Å². The summed E-state index contributed by atoms with van der Waals surface area (Å²) >= 11 is 6.74. The van der Waals surface area contributed by atoms with Crippen LogP contribution in [0, 0.1) is 0 Å². The molecule has 17 heavy (non-hydrogen) atoms. The normalized spacial score (nSPS) is 22.1. The van der Waals surface area contributed by atoms with E-state index < -0.39 is 11.2 Å². The molecule has 1 unspecified atom stereocenters. The summed E-state index contributed by atoms with van der Waals surface area (Å²) in [6.45, 7) is 0. The van der Waals surface area contributed by atoms with Gasteiger partial charge >= 0.3 is 6.18 Å². The molecule has 0 N–H and O–H groups in total. The fraction of sp³-hybridized carbons (Fsp3) is 0.545. The number of nitrogens with zero attached hydrogens (tertiary/aromatic N) is 1. The fourth-order valence-corrected chi connectivity index (χ4v) is 2.94. The number of alkyl halides is 4. The highest BCUT2D eigenvalue weighted by molar-refractivity contribution is 7.12. The van der Waals surface area contributed by atoms with Gasteiger partial charge in [-0.05, 0) is 24.8 Å². The van der Waals surface area contributed by atoms with Crippen LogP contribution < -0.4 is 0 Å². The van der Waals surface area contributed by atoms with Crippen LogP contribution in [0.4, 0.5) is 13.2 Å². The average molecular weight is 282 g/mol. The van der Waals surface area contributed by atoms with E-state index in [1.165, 1.54) is 6.20 Å². The molecule has 1 aliphatic rings. The van der Waals surface area contributed by atoms with E-state index in [1.807, 2.05) is 6.08 Å². The van der Waals surface area contributed by atoms with E-state index in [0.29, 0.717) is 16.2 Å². The highest BCUT2D eigenvalue weighted by Crippen LogP contribution is 2.37. The van der Waals surface area contributed by atoms with Crippen LogP contribution in [0.1, 0.15) is 35.6 Å². The van der Waals surface area contributed by atoms with Crippen LogP contribution in [0.2, 0.25) is 0 Å². The lowest BCUT2D eigenvalue weighted by atomic mass is 10.1. The minimum Gasteiger partial charge on any atom is -0.240 e. The van der Waals surface area contributed by atoms with E-state index >= 15 is 0 Å². The van der Waals surface area contributed by atoms with Crippen molar-refractivity contribution < 1.29 is 13.2 Å². The van der Waals surface area contributed by atoms with E-state index in [9.17, 15) is 13.2 Å². The van der Waals surface area contributed by atoms with Gasteiger partial charge in [0.05, 0.1) is 10.3 Å². The molecule has 0 aromatic carbocycles. The van der Waals surface area contributed by atoms with Gasteiger partial charge in [-0.1, -0.05) is 12.5 Å². The Kier molecular flexibility index (Phi) is 3.78. The first-order valence-corrected chi connectivity index (χ1v) is 6.60. The van der Waals surface area contributed by atoms with Gasteiger partial charge in [0.15, 0.2) is 5.01 Å². The summed E-state index contributed by atoms with van der Waals surface area (Å²) in [6, 6.07) is 0. The molecule has 1 aromatic heterocycles. The van der Waals surface area contributed by atoms with Crippen LogP contribution in [-0.2, 0) is 6.18 Å². The summed E-state index contributed by atoms with van der Waals surface area (Å²) < 4.78 is 37.3. The lowest BCUT2D eigenvalue weighted by Gasteiger charge is -2.02. The summed E-state index contributed by atoms with van der Waals surface area (Å²) in [5.41, 5.74) is 0.899. The maximum Gasteiger partial charge on any atom is 0.443 e. The van der Waals surface area contributed by atoms with Gasteiger partial charge < -0.3 is 0 Å². The molecule has 1 aromatic rings. The summed E-state index contributed by atoms with van der Waals surface area (Å²) in [5, 5.41) is -0.868. The quantitative estimate of drug-likeness (QED) is 0.678. The van der Waals surface area contributed by atoms with Crippen molar-refractivity contribution in [2.75, 3.05) is 0 Å². The van der Waals surface area contributed by atoms with Crippen LogP contribution in [0.3, 0.4) is 0 Å². The van der Waals surface area contributed by atoms with Crippen molar-refractivity contribution in [3.8, 4) is 0 Å². The molecule has 2 rings (SSSR count). The molecule has 1 aliphatic carbocycles. The Bertz CT molecular complexity index is 425. The number of thiazole rings is 1. The molecular formula is C11H11ClF3NS. The zero-order valence-electron chi connectivity index (χ0n) is 8.93. The fourth-order valence-electron chi connectivity index (χ4n) is 1.80. The Morgan fingerprint density at radius 2 is 2.12 bits per heavy atom. The second-order valence-electron chi connectivity index (χ2n) is 3.98. The average Bonchev–Trinajstić information content (AvgIpc) is 2.63. The van der Waals surface area contributed by atoms with E-state index in [-0.39, 0.29) is 5.38 Å². The van der Waals surface area contributed by atoms with Gasteiger partial charge in [-0.15, -0.1) is 22.9 Å². The standard InChI is InChI=1S/C11H11ClF3NS/c12-8-4-2-1-3-7(5-8)9-6-16-10(17-9)11(13,14)15/h5-6,8H,1-4H2. The van der Waals surface area contributed by atoms with Gasteiger partial charge in [0, 0.05) is 6.20 Å². The maximum atomic E-state index is 12.4. The Balaban J connectivity index is 2.25. The van der Waals surface area contributed by atoms with Gasteiger partial charge in [0.2, 0.25) is 0 Å². The number of allylic oxidation sites excluding steroid dienone is 2. The molecule has 0 aliphatic heterocycles. The van der Waals surface area contributed by atoms with Crippen LogP contribution in [0.15, 0.2) is 12.3 Å². The predicted octanol–water partition coefficient (Wildman–Crippen LogP) is 4.73. The van der Waals surface area contributed by atoms with Crippen molar-refractivity contribution in [2.24, 2.45) is 0 Å². The summed E-state index contributed by atoms with van der Waals surface area (Å²) in [6.07, 6.45) is 2.46. The van der Waals surface area contributed by atoms with Gasteiger partial charge in [0.25, 0.3) is 0 Å². The van der Waals surface area contributed by atoms with Crippen molar-refractivity contribution in [3.63, 3.8) is 0 Å². The first-order chi connectivity index (χ1) is 7.97. The minimum absolute atomic E-state index is 0.0797. The molecule has 94 valence electrons. The number of rotatable bonds is 1. The van der Waals surface area contributed by atoms with Crippen molar-refractivity contribution in [3.05, 3.63) is 22.2 Å². The van der Waals surface area contributed by atoms with Gasteiger partial charge in [-0.25, -0.2) is 4.98 Å². The lowest BCUT2D eigenvalue weighted by molar-refractivity contribution is -0.137. The maximum absolute atomic E-state index is 12.4. The Hall–Kier alpha value is -0.550. The molecule has 0 amide bonds. The summed E-state index contributed by atoms with van der Waals surface area (Å²) in [7, 11) is 0. The second-order valence-corrected chi connectivity index (χ2v) is 5.57. The Morgan fingerprint density at radius 3 is 2.76 bits per heavy atom. The van der Waals surface area contributed by atoms with Crippen LogP contribution in [0.5, 0.6) is 0 Å². The van der Waals surface area contributed by atoms with Crippen LogP contribution in [-0.4, -0.2) is 10.4 Å². The molecule has 0 radical (unpaired) electrons. The third-order valence-electron chi connectivity index (χ3n) is 2.62. The van der Waals surface area contributed by atoms with Crippen LogP contribution >= 0.6 is 22.9 Å². The van der Waals surface area contributed by atoms with Gasteiger partial charge in [-0.3, -0.25) is 0 Å². The van der Waals surface area contributed by atoms with Crippen molar-refractivity contribution in [1.82, 2.24) is 4.98 Å². The number of aromatic nitrogens is 1. The lowest BCUT2D eigenvalue weighted by Crippen LogP contribution is -2.02. The zero-order chi connectivity index (χ0) is 12.5. The monoisotopic (exact) mass is 281 g/mol. The Morgan fingerprint density at radius 1 is 1.35 bits per heavy atom. The third kappa shape index (κ3) is 3.22.